The summed E-state index contributed by atoms with van der Waals surface area (Å²) in [7, 11) is 0. The first-order valence-corrected chi connectivity index (χ1v) is 9.11. The molecule has 0 radical (unpaired) electrons. The van der Waals surface area contributed by atoms with Gasteiger partial charge in [-0.2, -0.15) is 0 Å². The minimum Gasteiger partial charge on any atom is -0.313 e. The van der Waals surface area contributed by atoms with Crippen molar-refractivity contribution in [2.75, 3.05) is 6.54 Å². The van der Waals surface area contributed by atoms with Crippen molar-refractivity contribution in [2.24, 2.45) is 5.92 Å². The van der Waals surface area contributed by atoms with Crippen molar-refractivity contribution >= 4 is 23.4 Å². The van der Waals surface area contributed by atoms with Crippen molar-refractivity contribution < 1.29 is 0 Å². The molecule has 2 unspecified atom stereocenters. The van der Waals surface area contributed by atoms with Gasteiger partial charge in [-0.15, -0.1) is 11.8 Å². The van der Waals surface area contributed by atoms with Gasteiger partial charge in [-0.3, -0.25) is 0 Å². The van der Waals surface area contributed by atoms with Crippen LogP contribution in [0.2, 0.25) is 5.02 Å². The van der Waals surface area contributed by atoms with E-state index in [1.165, 1.54) is 36.1 Å². The Hall–Kier alpha value is -0.180. The normalized spacial score (nSPS) is 22.9. The summed E-state index contributed by atoms with van der Waals surface area (Å²) in [4.78, 5) is 1.38. The molecule has 0 heterocycles. The molecule has 2 rings (SSSR count). The van der Waals surface area contributed by atoms with Crippen LogP contribution in [0.5, 0.6) is 0 Å². The van der Waals surface area contributed by atoms with Gasteiger partial charge in [-0.1, -0.05) is 44.4 Å². The Morgan fingerprint density at radius 2 is 2.20 bits per heavy atom. The van der Waals surface area contributed by atoms with E-state index in [4.69, 9.17) is 11.6 Å². The number of hydrogen-bond acceptors (Lipinski definition) is 2. The molecule has 1 nitrogen and oxygen atoms in total. The van der Waals surface area contributed by atoms with Crippen LogP contribution in [-0.2, 0) is 6.54 Å². The first kappa shape index (κ1) is 16.2. The average molecular weight is 312 g/mol. The van der Waals surface area contributed by atoms with Gasteiger partial charge in [0.25, 0.3) is 0 Å². The van der Waals surface area contributed by atoms with Crippen LogP contribution in [0, 0.1) is 5.92 Å². The average Bonchev–Trinajstić information content (AvgIpc) is 2.42. The molecule has 112 valence electrons. The number of hydrogen-bond donors (Lipinski definition) is 1. The molecular formula is C17H26ClNS. The second-order valence-corrected chi connectivity index (χ2v) is 7.65. The molecule has 1 saturated carbocycles. The zero-order valence-electron chi connectivity index (χ0n) is 12.6. The van der Waals surface area contributed by atoms with E-state index in [9.17, 15) is 0 Å². The van der Waals surface area contributed by atoms with Gasteiger partial charge in [0.05, 0.1) is 0 Å². The third-order valence-electron chi connectivity index (χ3n) is 3.99. The van der Waals surface area contributed by atoms with Crippen LogP contribution in [0.4, 0.5) is 0 Å². The summed E-state index contributed by atoms with van der Waals surface area (Å²) in [6.07, 6.45) is 6.63. The highest BCUT2D eigenvalue weighted by atomic mass is 35.5. The molecule has 0 bridgehead atoms. The van der Waals surface area contributed by atoms with Crippen LogP contribution in [0.3, 0.4) is 0 Å². The van der Waals surface area contributed by atoms with Gasteiger partial charge < -0.3 is 5.32 Å². The van der Waals surface area contributed by atoms with E-state index in [0.717, 1.165) is 35.7 Å². The number of benzene rings is 1. The van der Waals surface area contributed by atoms with E-state index >= 15 is 0 Å². The van der Waals surface area contributed by atoms with Crippen LogP contribution < -0.4 is 5.32 Å². The summed E-state index contributed by atoms with van der Waals surface area (Å²) in [5, 5.41) is 5.15. The third-order valence-corrected chi connectivity index (χ3v) is 5.74. The molecule has 20 heavy (non-hydrogen) atoms. The third kappa shape index (κ3) is 4.68. The van der Waals surface area contributed by atoms with E-state index in [1.807, 2.05) is 17.8 Å². The van der Waals surface area contributed by atoms with Crippen LogP contribution in [0.1, 0.15) is 51.5 Å². The van der Waals surface area contributed by atoms with E-state index in [1.54, 1.807) is 0 Å². The van der Waals surface area contributed by atoms with Crippen molar-refractivity contribution in [1.82, 2.24) is 5.32 Å². The minimum absolute atomic E-state index is 0.766. The topological polar surface area (TPSA) is 12.0 Å². The first-order chi connectivity index (χ1) is 9.70. The maximum absolute atomic E-state index is 6.40. The van der Waals surface area contributed by atoms with E-state index in [0.29, 0.717) is 0 Å². The van der Waals surface area contributed by atoms with Gasteiger partial charge in [0.1, 0.15) is 0 Å². The molecule has 1 aromatic rings. The summed E-state index contributed by atoms with van der Waals surface area (Å²) in [5.41, 5.74) is 1.28. The molecule has 1 aromatic carbocycles. The fraction of sp³-hybridized carbons (Fsp3) is 0.647. The molecule has 0 aromatic heterocycles. The lowest BCUT2D eigenvalue weighted by molar-refractivity contribution is 0.394. The maximum atomic E-state index is 6.40. The molecule has 0 spiro atoms. The van der Waals surface area contributed by atoms with Gasteiger partial charge in [0.2, 0.25) is 0 Å². The van der Waals surface area contributed by atoms with E-state index in [-0.39, 0.29) is 0 Å². The van der Waals surface area contributed by atoms with Gasteiger partial charge in [0.15, 0.2) is 0 Å². The maximum Gasteiger partial charge on any atom is 0.0462 e. The predicted octanol–water partition coefficient (Wildman–Crippen LogP) is 5.51. The molecule has 1 fully saturated rings. The Kier molecular flexibility index (Phi) is 6.73. The molecule has 0 saturated heterocycles. The molecule has 1 aliphatic rings. The molecule has 2 atom stereocenters. The molecule has 1 N–H and O–H groups in total. The Labute approximate surface area is 132 Å². The molecule has 0 aliphatic heterocycles. The number of rotatable bonds is 6. The van der Waals surface area contributed by atoms with Gasteiger partial charge >= 0.3 is 0 Å². The zero-order valence-corrected chi connectivity index (χ0v) is 14.2. The van der Waals surface area contributed by atoms with Crippen LogP contribution in [0.25, 0.3) is 0 Å². The summed E-state index contributed by atoms with van der Waals surface area (Å²) in [6.45, 7) is 6.51. The lowest BCUT2D eigenvalue weighted by Crippen LogP contribution is -2.17. The van der Waals surface area contributed by atoms with Crippen molar-refractivity contribution in [3.8, 4) is 0 Å². The van der Waals surface area contributed by atoms with Crippen molar-refractivity contribution in [3.05, 3.63) is 28.8 Å². The Balaban J connectivity index is 2.04. The second kappa shape index (κ2) is 8.31. The van der Waals surface area contributed by atoms with Crippen molar-refractivity contribution in [3.63, 3.8) is 0 Å². The first-order valence-electron chi connectivity index (χ1n) is 7.85. The second-order valence-electron chi connectivity index (χ2n) is 5.90. The minimum atomic E-state index is 0.766. The monoisotopic (exact) mass is 311 g/mol. The largest absolute Gasteiger partial charge is 0.313 e. The summed E-state index contributed by atoms with van der Waals surface area (Å²) < 4.78 is 0. The number of thioether (sulfide) groups is 1. The van der Waals surface area contributed by atoms with Crippen LogP contribution >= 0.6 is 23.4 Å². The zero-order chi connectivity index (χ0) is 14.4. The van der Waals surface area contributed by atoms with Crippen molar-refractivity contribution in [1.29, 1.82) is 0 Å². The summed E-state index contributed by atoms with van der Waals surface area (Å²) in [6, 6.07) is 6.33. The highest BCUT2D eigenvalue weighted by molar-refractivity contribution is 8.00. The van der Waals surface area contributed by atoms with Crippen LogP contribution in [-0.4, -0.2) is 11.8 Å². The summed E-state index contributed by atoms with van der Waals surface area (Å²) in [5.74, 6) is 0.877. The summed E-state index contributed by atoms with van der Waals surface area (Å²) >= 11 is 8.44. The number of nitrogens with one attached hydrogen (secondary N) is 1. The Bertz CT molecular complexity index is 421. The van der Waals surface area contributed by atoms with Crippen LogP contribution in [0.15, 0.2) is 23.1 Å². The molecule has 0 amide bonds. The van der Waals surface area contributed by atoms with Gasteiger partial charge in [-0.05, 0) is 49.4 Å². The van der Waals surface area contributed by atoms with Gasteiger partial charge in [-0.25, -0.2) is 0 Å². The lowest BCUT2D eigenvalue weighted by atomic mass is 9.91. The molecular weight excluding hydrogens is 286 g/mol. The van der Waals surface area contributed by atoms with Gasteiger partial charge in [0, 0.05) is 21.7 Å². The predicted molar refractivity (Wildman–Crippen MR) is 90.7 cm³/mol. The van der Waals surface area contributed by atoms with E-state index in [2.05, 4.69) is 31.3 Å². The van der Waals surface area contributed by atoms with Crippen molar-refractivity contribution in [2.45, 2.75) is 62.6 Å². The quantitative estimate of drug-likeness (QED) is 0.695. The lowest BCUT2D eigenvalue weighted by Gasteiger charge is -2.27. The molecule has 3 heteroatoms. The fourth-order valence-corrected chi connectivity index (χ4v) is 4.72. The smallest absolute Gasteiger partial charge is 0.0462 e. The molecule has 1 aliphatic carbocycles. The highest BCUT2D eigenvalue weighted by Gasteiger charge is 2.21. The number of halogens is 1. The Morgan fingerprint density at radius 1 is 1.35 bits per heavy atom. The SMILES string of the molecule is CCCNCc1c(Cl)cccc1SC1CCCC(C)C1. The highest BCUT2D eigenvalue weighted by Crippen LogP contribution is 2.38. The van der Waals surface area contributed by atoms with E-state index < -0.39 is 0 Å². The standard InChI is InChI=1S/C17H26ClNS/c1-3-10-19-12-15-16(18)8-5-9-17(15)20-14-7-4-6-13(2)11-14/h5,8-9,13-14,19H,3-4,6-7,10-12H2,1-2H3. The Morgan fingerprint density at radius 3 is 2.95 bits per heavy atom. The fourth-order valence-electron chi connectivity index (χ4n) is 2.88.